The van der Waals surface area contributed by atoms with E-state index in [9.17, 15) is 0 Å². The molecule has 0 radical (unpaired) electrons. The highest BCUT2D eigenvalue weighted by Gasteiger charge is 2.62. The molecule has 4 heteroatoms. The molecule has 0 spiro atoms. The molecule has 0 saturated heterocycles. The Hall–Kier alpha value is -5.22. The Kier molecular flexibility index (Phi) is 7.04. The van der Waals surface area contributed by atoms with Crippen LogP contribution in [0.4, 0.5) is 22.7 Å². The van der Waals surface area contributed by atoms with Gasteiger partial charge < -0.3 is 14.1 Å². The van der Waals surface area contributed by atoms with Crippen molar-refractivity contribution in [3.05, 3.63) is 131 Å². The Labute approximate surface area is 338 Å². The Morgan fingerprint density at radius 2 is 1.37 bits per heavy atom. The second-order valence-electron chi connectivity index (χ2n) is 20.1. The molecule has 1 fully saturated rings. The van der Waals surface area contributed by atoms with Gasteiger partial charge >= 0.3 is 6.85 Å². The molecule has 3 nitrogen and oxygen atoms in total. The summed E-state index contributed by atoms with van der Waals surface area (Å²) < 4.78 is 6.69. The third-order valence-corrected chi connectivity index (χ3v) is 14.8. The van der Waals surface area contributed by atoms with Crippen molar-refractivity contribution >= 4 is 62.5 Å². The van der Waals surface area contributed by atoms with Crippen LogP contribution in [0.1, 0.15) is 103 Å². The zero-order valence-electron chi connectivity index (χ0n) is 35.1. The quantitative estimate of drug-likeness (QED) is 0.164. The first-order chi connectivity index (χ1) is 27.2. The van der Waals surface area contributed by atoms with E-state index in [0.717, 1.165) is 11.2 Å². The number of benzene rings is 6. The summed E-state index contributed by atoms with van der Waals surface area (Å²) in [5, 5.41) is 2.37. The standard InChI is InChI=1S/C53H53BN2O/c1-32-27-35(50(2,3)4)21-22-41(32)56-42-23-24-45-47(37-19-13-14-20-44(37)57-45)46(42)38-28-34(33-17-11-10-12-18-33)29-43-48(38)54(56)40-31-36(51(5,6)7)30-39-49(40)55(43)53(9)26-16-15-25-52(39,53)8/h10-14,17-24,27-31H,15-16,25-26H2,1-9H3. The van der Waals surface area contributed by atoms with E-state index in [4.69, 9.17) is 4.42 Å². The number of nitrogens with zero attached hydrogens (tertiary/aromatic N) is 2. The maximum atomic E-state index is 6.69. The van der Waals surface area contributed by atoms with Crippen molar-refractivity contribution in [2.45, 2.75) is 110 Å². The maximum Gasteiger partial charge on any atom is 0.333 e. The molecule has 284 valence electrons. The van der Waals surface area contributed by atoms with Gasteiger partial charge in [0.1, 0.15) is 11.2 Å². The third kappa shape index (κ3) is 4.62. The van der Waals surface area contributed by atoms with Crippen molar-refractivity contribution in [2.24, 2.45) is 0 Å². The summed E-state index contributed by atoms with van der Waals surface area (Å²) in [5.74, 6) is 0. The number of hydrogen-bond donors (Lipinski definition) is 0. The lowest BCUT2D eigenvalue weighted by Crippen LogP contribution is -2.64. The molecule has 11 rings (SSSR count). The molecular formula is C53H53BN2O. The van der Waals surface area contributed by atoms with E-state index in [1.54, 1.807) is 5.56 Å². The lowest BCUT2D eigenvalue weighted by Gasteiger charge is -2.53. The summed E-state index contributed by atoms with van der Waals surface area (Å²) in [4.78, 5) is 5.61. The molecule has 1 saturated carbocycles. The van der Waals surface area contributed by atoms with Crippen LogP contribution in [0.15, 0.2) is 114 Å². The molecule has 4 aliphatic rings. The van der Waals surface area contributed by atoms with E-state index >= 15 is 0 Å². The van der Waals surface area contributed by atoms with Crippen LogP contribution in [-0.2, 0) is 16.2 Å². The fourth-order valence-electron chi connectivity index (χ4n) is 11.5. The molecule has 0 bridgehead atoms. The van der Waals surface area contributed by atoms with E-state index in [0.29, 0.717) is 0 Å². The number of rotatable bonds is 2. The third-order valence-electron chi connectivity index (χ3n) is 14.8. The van der Waals surface area contributed by atoms with Gasteiger partial charge in [0.2, 0.25) is 0 Å². The van der Waals surface area contributed by atoms with Gasteiger partial charge in [0.15, 0.2) is 0 Å². The smallest absolute Gasteiger partial charge is 0.333 e. The molecular weight excluding hydrogens is 691 g/mol. The Balaban J connectivity index is 1.34. The SMILES string of the molecule is Cc1cc(C(C)(C)C)ccc1N1B2c3cc(C(C)(C)C)cc4c3N(c3cc(-c5ccccc5)cc(c32)-c2c1ccc1oc3ccccc3c21)C1(C)CCCCC41C. The first-order valence-electron chi connectivity index (χ1n) is 21.3. The molecule has 0 N–H and O–H groups in total. The average molecular weight is 745 g/mol. The molecule has 1 aliphatic carbocycles. The van der Waals surface area contributed by atoms with Crippen LogP contribution >= 0.6 is 0 Å². The maximum absolute atomic E-state index is 6.69. The summed E-state index contributed by atoms with van der Waals surface area (Å²) >= 11 is 0. The summed E-state index contributed by atoms with van der Waals surface area (Å²) in [6.45, 7) is 21.7. The van der Waals surface area contributed by atoms with Gasteiger partial charge in [0.25, 0.3) is 0 Å². The van der Waals surface area contributed by atoms with Crippen LogP contribution < -0.4 is 20.6 Å². The van der Waals surface area contributed by atoms with Gasteiger partial charge in [0.05, 0.1) is 5.54 Å². The molecule has 2 unspecified atom stereocenters. The summed E-state index contributed by atoms with van der Waals surface area (Å²) in [6, 6.07) is 41.8. The normalized spacial score (nSPS) is 20.8. The molecule has 0 amide bonds. The topological polar surface area (TPSA) is 19.6 Å². The predicted molar refractivity (Wildman–Crippen MR) is 243 cm³/mol. The van der Waals surface area contributed by atoms with Crippen LogP contribution in [0.5, 0.6) is 0 Å². The first kappa shape index (κ1) is 35.0. The van der Waals surface area contributed by atoms with Gasteiger partial charge in [-0.15, -0.1) is 0 Å². The summed E-state index contributed by atoms with van der Waals surface area (Å²) in [7, 11) is 0. The molecule has 57 heavy (non-hydrogen) atoms. The zero-order chi connectivity index (χ0) is 39.4. The average Bonchev–Trinajstić information content (AvgIpc) is 3.66. The van der Waals surface area contributed by atoms with Gasteiger partial charge in [-0.05, 0) is 124 Å². The number of aryl methyl sites for hydroxylation is 1. The van der Waals surface area contributed by atoms with Crippen molar-refractivity contribution in [3.63, 3.8) is 0 Å². The lowest BCUT2D eigenvalue weighted by molar-refractivity contribution is 0.195. The van der Waals surface area contributed by atoms with E-state index in [1.165, 1.54) is 109 Å². The van der Waals surface area contributed by atoms with Gasteiger partial charge in [-0.25, -0.2) is 0 Å². The fraction of sp³-hybridized carbons (Fsp3) is 0.321. The van der Waals surface area contributed by atoms with Gasteiger partial charge in [-0.1, -0.05) is 134 Å². The fourth-order valence-corrected chi connectivity index (χ4v) is 11.5. The molecule has 2 atom stereocenters. The molecule has 7 aromatic rings. The van der Waals surface area contributed by atoms with E-state index in [2.05, 4.69) is 181 Å². The van der Waals surface area contributed by atoms with Crippen molar-refractivity contribution in [2.75, 3.05) is 9.71 Å². The van der Waals surface area contributed by atoms with Crippen molar-refractivity contribution in [3.8, 4) is 22.3 Å². The monoisotopic (exact) mass is 744 g/mol. The van der Waals surface area contributed by atoms with Crippen molar-refractivity contribution in [1.82, 2.24) is 0 Å². The summed E-state index contributed by atoms with van der Waals surface area (Å²) in [6.07, 6.45) is 4.88. The number of anilines is 4. The van der Waals surface area contributed by atoms with E-state index in [1.807, 2.05) is 0 Å². The minimum Gasteiger partial charge on any atom is -0.456 e. The number of hydrogen-bond acceptors (Lipinski definition) is 3. The molecule has 4 heterocycles. The molecule has 1 aromatic heterocycles. The van der Waals surface area contributed by atoms with Crippen molar-refractivity contribution < 1.29 is 4.42 Å². The largest absolute Gasteiger partial charge is 0.456 e. The Morgan fingerprint density at radius 3 is 2.12 bits per heavy atom. The van der Waals surface area contributed by atoms with Crippen LogP contribution in [0, 0.1) is 6.92 Å². The van der Waals surface area contributed by atoms with Crippen LogP contribution in [0.25, 0.3) is 44.2 Å². The molecule has 3 aliphatic heterocycles. The highest BCUT2D eigenvalue weighted by molar-refractivity contribution is 6.94. The van der Waals surface area contributed by atoms with Gasteiger partial charge in [0, 0.05) is 44.5 Å². The van der Waals surface area contributed by atoms with Gasteiger partial charge in [-0.3, -0.25) is 0 Å². The highest BCUT2D eigenvalue weighted by atomic mass is 16.3. The Bertz CT molecular complexity index is 2840. The minimum atomic E-state index is -0.0728. The first-order valence-corrected chi connectivity index (χ1v) is 21.3. The molecule has 6 aromatic carbocycles. The van der Waals surface area contributed by atoms with E-state index in [-0.39, 0.29) is 28.6 Å². The van der Waals surface area contributed by atoms with Crippen LogP contribution in [-0.4, -0.2) is 12.4 Å². The second kappa shape index (κ2) is 11.5. The highest BCUT2D eigenvalue weighted by Crippen LogP contribution is 2.63. The van der Waals surface area contributed by atoms with Crippen molar-refractivity contribution in [1.29, 1.82) is 0 Å². The van der Waals surface area contributed by atoms with E-state index < -0.39 is 0 Å². The number of furan rings is 1. The lowest BCUT2D eigenvalue weighted by atomic mass is 9.42. The Morgan fingerprint density at radius 1 is 0.649 bits per heavy atom. The van der Waals surface area contributed by atoms with Crippen LogP contribution in [0.3, 0.4) is 0 Å². The predicted octanol–water partition coefficient (Wildman–Crippen LogP) is 13.1. The van der Waals surface area contributed by atoms with Gasteiger partial charge in [-0.2, -0.15) is 0 Å². The summed E-state index contributed by atoms with van der Waals surface area (Å²) in [5.41, 5.74) is 20.8. The number of fused-ring (bicyclic) bond motifs is 11. The minimum absolute atomic E-state index is 0.00963. The zero-order valence-corrected chi connectivity index (χ0v) is 35.1. The second-order valence-corrected chi connectivity index (χ2v) is 20.1. The van der Waals surface area contributed by atoms with Crippen LogP contribution in [0.2, 0.25) is 0 Å². The number of para-hydroxylation sites is 1.